The van der Waals surface area contributed by atoms with E-state index in [4.69, 9.17) is 14.7 Å². The summed E-state index contributed by atoms with van der Waals surface area (Å²) in [4.78, 5) is 19.6. The lowest BCUT2D eigenvalue weighted by Crippen LogP contribution is -2.39. The number of nitrogens with zero attached hydrogens (tertiary/aromatic N) is 4. The molecule has 0 aromatic carbocycles. The van der Waals surface area contributed by atoms with Crippen molar-refractivity contribution >= 4 is 6.03 Å². The van der Waals surface area contributed by atoms with Crippen molar-refractivity contribution in [3.63, 3.8) is 0 Å². The second kappa shape index (κ2) is 7.05. The van der Waals surface area contributed by atoms with Crippen LogP contribution in [-0.2, 0) is 4.74 Å². The van der Waals surface area contributed by atoms with Gasteiger partial charge in [0.1, 0.15) is 6.07 Å². The molecule has 0 unspecified atom stereocenters. The number of likely N-dealkylation sites (tertiary alicyclic amines) is 1. The van der Waals surface area contributed by atoms with Crippen LogP contribution in [0.5, 0.6) is 5.88 Å². The zero-order chi connectivity index (χ0) is 17.1. The third-order valence-electron chi connectivity index (χ3n) is 4.70. The lowest BCUT2D eigenvalue weighted by molar-refractivity contribution is 0.0939. The van der Waals surface area contributed by atoms with Gasteiger partial charge in [-0.2, -0.15) is 5.26 Å². The summed E-state index contributed by atoms with van der Waals surface area (Å²) in [5.74, 6) is 1.31. The van der Waals surface area contributed by atoms with Crippen LogP contribution in [0.2, 0.25) is 0 Å². The van der Waals surface area contributed by atoms with Gasteiger partial charge >= 0.3 is 6.03 Å². The molecule has 7 heteroatoms. The molecule has 0 saturated carbocycles. The van der Waals surface area contributed by atoms with E-state index in [9.17, 15) is 4.79 Å². The molecule has 0 N–H and O–H groups in total. The summed E-state index contributed by atoms with van der Waals surface area (Å²) in [6, 6.07) is 5.48. The SMILES string of the molecule is CN(C)C(=O)N1C[C@H]2[C@@H](CCOc3ccc(C#N)cn3)CO[C@H]2C1. The molecule has 0 spiro atoms. The maximum absolute atomic E-state index is 12.1. The number of urea groups is 1. The van der Waals surface area contributed by atoms with E-state index in [1.807, 2.05) is 11.0 Å². The highest BCUT2D eigenvalue weighted by Crippen LogP contribution is 2.35. The number of fused-ring (bicyclic) bond motifs is 1. The Morgan fingerprint density at radius 3 is 3.00 bits per heavy atom. The van der Waals surface area contributed by atoms with Gasteiger partial charge in [0.15, 0.2) is 0 Å². The fraction of sp³-hybridized carbons (Fsp3) is 0.588. The van der Waals surface area contributed by atoms with Crippen LogP contribution in [0.25, 0.3) is 0 Å². The van der Waals surface area contributed by atoms with Crippen molar-refractivity contribution in [1.29, 1.82) is 5.26 Å². The van der Waals surface area contributed by atoms with Crippen molar-refractivity contribution in [3.05, 3.63) is 23.9 Å². The fourth-order valence-electron chi connectivity index (χ4n) is 3.38. The number of rotatable bonds is 4. The Morgan fingerprint density at radius 1 is 1.50 bits per heavy atom. The second-order valence-electron chi connectivity index (χ2n) is 6.51. The average Bonchev–Trinajstić information content (AvgIpc) is 3.16. The van der Waals surface area contributed by atoms with Gasteiger partial charge < -0.3 is 19.3 Å². The summed E-state index contributed by atoms with van der Waals surface area (Å²) in [6.07, 6.45) is 2.52. The Bertz CT molecular complexity index is 626. The highest BCUT2D eigenvalue weighted by atomic mass is 16.5. The van der Waals surface area contributed by atoms with Crippen molar-refractivity contribution in [2.24, 2.45) is 11.8 Å². The van der Waals surface area contributed by atoms with Crippen LogP contribution in [0.4, 0.5) is 4.79 Å². The third-order valence-corrected chi connectivity index (χ3v) is 4.70. The molecule has 0 bridgehead atoms. The predicted molar refractivity (Wildman–Crippen MR) is 86.4 cm³/mol. The second-order valence-corrected chi connectivity index (χ2v) is 6.51. The van der Waals surface area contributed by atoms with Crippen LogP contribution in [0.1, 0.15) is 12.0 Å². The normalized spacial score (nSPS) is 25.2. The Labute approximate surface area is 141 Å². The van der Waals surface area contributed by atoms with E-state index in [2.05, 4.69) is 4.98 Å². The number of nitriles is 1. The minimum absolute atomic E-state index is 0.0461. The minimum Gasteiger partial charge on any atom is -0.478 e. The van der Waals surface area contributed by atoms with Crippen LogP contribution < -0.4 is 4.74 Å². The molecule has 2 saturated heterocycles. The van der Waals surface area contributed by atoms with E-state index in [-0.39, 0.29) is 12.1 Å². The molecule has 128 valence electrons. The van der Waals surface area contributed by atoms with Crippen molar-refractivity contribution < 1.29 is 14.3 Å². The average molecular weight is 330 g/mol. The van der Waals surface area contributed by atoms with Gasteiger partial charge in [-0.25, -0.2) is 9.78 Å². The summed E-state index contributed by atoms with van der Waals surface area (Å²) in [5.41, 5.74) is 0.519. The van der Waals surface area contributed by atoms with E-state index in [1.54, 1.807) is 31.1 Å². The van der Waals surface area contributed by atoms with Crippen LogP contribution >= 0.6 is 0 Å². The summed E-state index contributed by atoms with van der Waals surface area (Å²) in [7, 11) is 3.54. The van der Waals surface area contributed by atoms with E-state index in [1.165, 1.54) is 6.20 Å². The molecule has 2 aliphatic rings. The lowest BCUT2D eigenvalue weighted by Gasteiger charge is -2.23. The fourth-order valence-corrected chi connectivity index (χ4v) is 3.38. The van der Waals surface area contributed by atoms with Gasteiger partial charge in [-0.3, -0.25) is 0 Å². The predicted octanol–water partition coefficient (Wildman–Crippen LogP) is 1.35. The number of carbonyl (C=O) groups is 1. The maximum atomic E-state index is 12.1. The number of ether oxygens (including phenoxy) is 2. The zero-order valence-corrected chi connectivity index (χ0v) is 14.0. The largest absolute Gasteiger partial charge is 0.478 e. The van der Waals surface area contributed by atoms with Gasteiger partial charge in [-0.1, -0.05) is 0 Å². The van der Waals surface area contributed by atoms with Crippen molar-refractivity contribution in [2.75, 3.05) is 40.4 Å². The molecule has 1 aromatic heterocycles. The van der Waals surface area contributed by atoms with E-state index >= 15 is 0 Å². The first-order chi connectivity index (χ1) is 11.6. The number of aromatic nitrogens is 1. The van der Waals surface area contributed by atoms with Crippen molar-refractivity contribution in [1.82, 2.24) is 14.8 Å². The Kier molecular flexibility index (Phi) is 4.86. The molecule has 1 aromatic rings. The Morgan fingerprint density at radius 2 is 2.33 bits per heavy atom. The molecule has 2 amide bonds. The van der Waals surface area contributed by atoms with Gasteiger partial charge in [-0.15, -0.1) is 0 Å². The van der Waals surface area contributed by atoms with Crippen LogP contribution in [0.15, 0.2) is 18.3 Å². The van der Waals surface area contributed by atoms with Gasteiger partial charge in [0.2, 0.25) is 5.88 Å². The molecule has 0 aliphatic carbocycles. The smallest absolute Gasteiger partial charge is 0.319 e. The Balaban J connectivity index is 1.48. The van der Waals surface area contributed by atoms with Crippen molar-refractivity contribution in [2.45, 2.75) is 12.5 Å². The minimum atomic E-state index is 0.0461. The molecule has 2 aliphatic heterocycles. The van der Waals surface area contributed by atoms with Gasteiger partial charge in [-0.05, 0) is 18.4 Å². The lowest BCUT2D eigenvalue weighted by atomic mass is 9.91. The third kappa shape index (κ3) is 3.44. The summed E-state index contributed by atoms with van der Waals surface area (Å²) in [5, 5.41) is 8.75. The number of pyridine rings is 1. The molecular formula is C17H22N4O3. The number of hydrogen-bond donors (Lipinski definition) is 0. The molecule has 3 atom stereocenters. The highest BCUT2D eigenvalue weighted by molar-refractivity contribution is 5.74. The van der Waals surface area contributed by atoms with Gasteiger partial charge in [0, 0.05) is 45.4 Å². The first-order valence-corrected chi connectivity index (χ1v) is 8.15. The van der Waals surface area contributed by atoms with E-state index in [0.29, 0.717) is 36.4 Å². The summed E-state index contributed by atoms with van der Waals surface area (Å²) in [6.45, 7) is 2.71. The standard InChI is InChI=1S/C17H22N4O3/c1-20(2)17(22)21-9-14-13(11-24-15(14)10-21)5-6-23-16-4-3-12(7-18)8-19-16/h3-4,8,13-15H,5-6,9-11H2,1-2H3/t13-,14-,15-/m0/s1. The van der Waals surface area contributed by atoms with E-state index < -0.39 is 0 Å². The number of carbonyl (C=O) groups excluding carboxylic acids is 1. The molecule has 0 radical (unpaired) electrons. The molecule has 3 heterocycles. The van der Waals surface area contributed by atoms with Crippen LogP contribution in [0.3, 0.4) is 0 Å². The topological polar surface area (TPSA) is 78.7 Å². The molecule has 24 heavy (non-hydrogen) atoms. The van der Waals surface area contributed by atoms with Gasteiger partial charge in [0.05, 0.1) is 24.9 Å². The first kappa shape index (κ1) is 16.5. The highest BCUT2D eigenvalue weighted by Gasteiger charge is 2.45. The zero-order valence-electron chi connectivity index (χ0n) is 14.0. The van der Waals surface area contributed by atoms with Crippen LogP contribution in [0, 0.1) is 23.2 Å². The monoisotopic (exact) mass is 330 g/mol. The molecular weight excluding hydrogens is 308 g/mol. The molecule has 3 rings (SSSR count). The quantitative estimate of drug-likeness (QED) is 0.833. The molecule has 2 fully saturated rings. The molecule has 7 nitrogen and oxygen atoms in total. The van der Waals surface area contributed by atoms with Crippen LogP contribution in [-0.4, -0.2) is 67.3 Å². The maximum Gasteiger partial charge on any atom is 0.319 e. The number of amides is 2. The summed E-state index contributed by atoms with van der Waals surface area (Å²) >= 11 is 0. The summed E-state index contributed by atoms with van der Waals surface area (Å²) < 4.78 is 11.5. The Hall–Kier alpha value is -2.33. The van der Waals surface area contributed by atoms with Gasteiger partial charge in [0.25, 0.3) is 0 Å². The number of hydrogen-bond acceptors (Lipinski definition) is 5. The van der Waals surface area contributed by atoms with E-state index in [0.717, 1.165) is 19.6 Å². The first-order valence-electron chi connectivity index (χ1n) is 8.15. The van der Waals surface area contributed by atoms with Crippen molar-refractivity contribution in [3.8, 4) is 11.9 Å².